The van der Waals surface area contributed by atoms with Crippen LogP contribution in [-0.2, 0) is 11.3 Å². The second kappa shape index (κ2) is 8.23. The van der Waals surface area contributed by atoms with E-state index in [1.54, 1.807) is 7.11 Å². The van der Waals surface area contributed by atoms with Crippen molar-refractivity contribution < 1.29 is 9.47 Å². The van der Waals surface area contributed by atoms with Gasteiger partial charge in [-0.3, -0.25) is 0 Å². The van der Waals surface area contributed by atoms with E-state index in [9.17, 15) is 0 Å². The van der Waals surface area contributed by atoms with Crippen LogP contribution in [-0.4, -0.2) is 20.3 Å². The fraction of sp³-hybridized carbons (Fsp3) is 0.294. The molecule has 20 heavy (non-hydrogen) atoms. The minimum absolute atomic E-state index is 0.599. The Morgan fingerprint density at radius 2 is 1.70 bits per heavy atom. The number of hydrogen-bond acceptors (Lipinski definition) is 3. The molecule has 0 fully saturated rings. The first-order valence-electron chi connectivity index (χ1n) is 6.88. The monoisotopic (exact) mass is 271 g/mol. The standard InChI is InChI=1S/C17H21NO2/c1-19-13-5-12-18-16-8-10-17(11-9-16)20-14-15-6-3-2-4-7-15/h2-4,6-11,18H,5,12-14H2,1H3. The Kier molecular flexibility index (Phi) is 5.93. The zero-order valence-electron chi connectivity index (χ0n) is 11.8. The first-order valence-corrected chi connectivity index (χ1v) is 6.88. The molecule has 0 aromatic heterocycles. The van der Waals surface area contributed by atoms with Crippen molar-refractivity contribution in [3.63, 3.8) is 0 Å². The highest BCUT2D eigenvalue weighted by Gasteiger charge is 1.96. The second-order valence-corrected chi connectivity index (χ2v) is 4.57. The van der Waals surface area contributed by atoms with Crippen molar-refractivity contribution in [2.75, 3.05) is 25.6 Å². The summed E-state index contributed by atoms with van der Waals surface area (Å²) in [5.74, 6) is 0.885. The molecule has 0 radical (unpaired) electrons. The summed E-state index contributed by atoms with van der Waals surface area (Å²) in [7, 11) is 1.72. The van der Waals surface area contributed by atoms with E-state index in [0.717, 1.165) is 31.0 Å². The van der Waals surface area contributed by atoms with E-state index < -0.39 is 0 Å². The Labute approximate surface area is 120 Å². The van der Waals surface area contributed by atoms with Crippen LogP contribution in [0.3, 0.4) is 0 Å². The summed E-state index contributed by atoms with van der Waals surface area (Å²) in [6.07, 6.45) is 1.00. The molecular formula is C17H21NO2. The molecule has 0 saturated carbocycles. The molecule has 3 nitrogen and oxygen atoms in total. The Morgan fingerprint density at radius 1 is 0.950 bits per heavy atom. The Balaban J connectivity index is 1.76. The zero-order chi connectivity index (χ0) is 14.0. The average molecular weight is 271 g/mol. The summed E-state index contributed by atoms with van der Waals surface area (Å²) in [6.45, 7) is 2.30. The molecule has 3 heteroatoms. The van der Waals surface area contributed by atoms with Crippen LogP contribution in [0, 0.1) is 0 Å². The van der Waals surface area contributed by atoms with E-state index >= 15 is 0 Å². The van der Waals surface area contributed by atoms with Gasteiger partial charge in [0.1, 0.15) is 12.4 Å². The number of ether oxygens (including phenoxy) is 2. The van der Waals surface area contributed by atoms with Gasteiger partial charge in [-0.25, -0.2) is 0 Å². The van der Waals surface area contributed by atoms with Gasteiger partial charge >= 0.3 is 0 Å². The maximum Gasteiger partial charge on any atom is 0.119 e. The van der Waals surface area contributed by atoms with Gasteiger partial charge in [-0.2, -0.15) is 0 Å². The van der Waals surface area contributed by atoms with Crippen molar-refractivity contribution in [1.29, 1.82) is 0 Å². The topological polar surface area (TPSA) is 30.5 Å². The molecule has 0 unspecified atom stereocenters. The Morgan fingerprint density at radius 3 is 2.40 bits per heavy atom. The van der Waals surface area contributed by atoms with Crippen LogP contribution in [0.2, 0.25) is 0 Å². The molecule has 1 N–H and O–H groups in total. The van der Waals surface area contributed by atoms with Crippen molar-refractivity contribution in [2.24, 2.45) is 0 Å². The Bertz CT molecular complexity index is 482. The largest absolute Gasteiger partial charge is 0.489 e. The smallest absolute Gasteiger partial charge is 0.119 e. The van der Waals surface area contributed by atoms with Crippen LogP contribution in [0.4, 0.5) is 5.69 Å². The molecule has 2 aromatic rings. The van der Waals surface area contributed by atoms with E-state index in [0.29, 0.717) is 6.61 Å². The van der Waals surface area contributed by atoms with Crippen LogP contribution in [0.1, 0.15) is 12.0 Å². The molecule has 0 aliphatic rings. The van der Waals surface area contributed by atoms with Crippen molar-refractivity contribution in [3.05, 3.63) is 60.2 Å². The summed E-state index contributed by atoms with van der Waals surface area (Å²) >= 11 is 0. The first-order chi connectivity index (χ1) is 9.88. The van der Waals surface area contributed by atoms with Gasteiger partial charge in [0, 0.05) is 25.9 Å². The summed E-state index contributed by atoms with van der Waals surface area (Å²) in [5, 5.41) is 3.34. The number of rotatable bonds is 8. The number of hydrogen-bond donors (Lipinski definition) is 1. The molecule has 0 aliphatic carbocycles. The summed E-state index contributed by atoms with van der Waals surface area (Å²) in [6, 6.07) is 18.2. The van der Waals surface area contributed by atoms with Gasteiger partial charge in [0.2, 0.25) is 0 Å². The van der Waals surface area contributed by atoms with Crippen LogP contribution < -0.4 is 10.1 Å². The first kappa shape index (κ1) is 14.4. The van der Waals surface area contributed by atoms with E-state index in [1.807, 2.05) is 42.5 Å². The molecule has 2 rings (SSSR count). The molecule has 0 heterocycles. The number of benzene rings is 2. The van der Waals surface area contributed by atoms with Crippen molar-refractivity contribution in [2.45, 2.75) is 13.0 Å². The summed E-state index contributed by atoms with van der Waals surface area (Å²) in [5.41, 5.74) is 2.28. The molecule has 0 aliphatic heterocycles. The average Bonchev–Trinajstić information content (AvgIpc) is 2.52. The minimum Gasteiger partial charge on any atom is -0.489 e. The van der Waals surface area contributed by atoms with E-state index in [-0.39, 0.29) is 0 Å². The maximum absolute atomic E-state index is 5.74. The lowest BCUT2D eigenvalue weighted by molar-refractivity contribution is 0.198. The van der Waals surface area contributed by atoms with Crippen molar-refractivity contribution in [3.8, 4) is 5.75 Å². The van der Waals surface area contributed by atoms with Crippen LogP contribution in [0.15, 0.2) is 54.6 Å². The summed E-state index contributed by atoms with van der Waals surface area (Å²) in [4.78, 5) is 0. The molecule has 0 spiro atoms. The highest BCUT2D eigenvalue weighted by atomic mass is 16.5. The van der Waals surface area contributed by atoms with Crippen molar-refractivity contribution in [1.82, 2.24) is 0 Å². The molecule has 2 aromatic carbocycles. The van der Waals surface area contributed by atoms with Crippen LogP contribution in [0.5, 0.6) is 5.75 Å². The molecule has 0 atom stereocenters. The van der Waals surface area contributed by atoms with E-state index in [1.165, 1.54) is 5.56 Å². The zero-order valence-corrected chi connectivity index (χ0v) is 11.8. The Hall–Kier alpha value is -2.00. The second-order valence-electron chi connectivity index (χ2n) is 4.57. The predicted octanol–water partition coefficient (Wildman–Crippen LogP) is 3.71. The van der Waals surface area contributed by atoms with Gasteiger partial charge in [0.25, 0.3) is 0 Å². The predicted molar refractivity (Wildman–Crippen MR) is 82.2 cm³/mol. The van der Waals surface area contributed by atoms with Gasteiger partial charge in [0.15, 0.2) is 0 Å². The van der Waals surface area contributed by atoms with E-state index in [2.05, 4.69) is 17.4 Å². The minimum atomic E-state index is 0.599. The normalized spacial score (nSPS) is 10.2. The van der Waals surface area contributed by atoms with Gasteiger partial charge in [-0.1, -0.05) is 30.3 Å². The highest BCUT2D eigenvalue weighted by molar-refractivity contribution is 5.46. The lowest BCUT2D eigenvalue weighted by atomic mass is 10.2. The van der Waals surface area contributed by atoms with Gasteiger partial charge in [-0.15, -0.1) is 0 Å². The number of nitrogens with one attached hydrogen (secondary N) is 1. The third-order valence-corrected chi connectivity index (χ3v) is 2.96. The fourth-order valence-corrected chi connectivity index (χ4v) is 1.86. The van der Waals surface area contributed by atoms with Gasteiger partial charge < -0.3 is 14.8 Å². The lowest BCUT2D eigenvalue weighted by Crippen LogP contribution is -2.04. The van der Waals surface area contributed by atoms with Gasteiger partial charge in [0.05, 0.1) is 0 Å². The molecule has 106 valence electrons. The van der Waals surface area contributed by atoms with Crippen LogP contribution in [0.25, 0.3) is 0 Å². The number of anilines is 1. The highest BCUT2D eigenvalue weighted by Crippen LogP contribution is 2.17. The fourth-order valence-electron chi connectivity index (χ4n) is 1.86. The molecule has 0 saturated heterocycles. The third kappa shape index (κ3) is 4.94. The van der Waals surface area contributed by atoms with Gasteiger partial charge in [-0.05, 0) is 36.2 Å². The van der Waals surface area contributed by atoms with Crippen molar-refractivity contribution >= 4 is 5.69 Å². The maximum atomic E-state index is 5.74. The molecular weight excluding hydrogens is 250 g/mol. The quantitative estimate of drug-likeness (QED) is 0.742. The lowest BCUT2D eigenvalue weighted by Gasteiger charge is -2.09. The SMILES string of the molecule is COCCCNc1ccc(OCc2ccccc2)cc1. The van der Waals surface area contributed by atoms with E-state index in [4.69, 9.17) is 9.47 Å². The summed E-state index contributed by atoms with van der Waals surface area (Å²) < 4.78 is 10.8. The molecule has 0 amide bonds. The third-order valence-electron chi connectivity index (χ3n) is 2.96. The number of methoxy groups -OCH3 is 1. The van der Waals surface area contributed by atoms with Crippen LogP contribution >= 0.6 is 0 Å². The molecule has 0 bridgehead atoms.